The highest BCUT2D eigenvalue weighted by Crippen LogP contribution is 2.19. The smallest absolute Gasteiger partial charge is 0.309 e. The molecule has 1 fully saturated rings. The first-order valence-electron chi connectivity index (χ1n) is 7.54. The van der Waals surface area contributed by atoms with Crippen molar-refractivity contribution in [3.63, 3.8) is 0 Å². The van der Waals surface area contributed by atoms with Crippen LogP contribution >= 0.6 is 28.1 Å². The lowest BCUT2D eigenvalue weighted by molar-refractivity contribution is -0.149. The van der Waals surface area contributed by atoms with Crippen molar-refractivity contribution in [2.45, 2.75) is 19.8 Å². The average Bonchev–Trinajstić information content (AvgIpc) is 2.55. The number of halogens is 1. The Morgan fingerprint density at radius 1 is 1.35 bits per heavy atom. The second-order valence-corrected chi connectivity index (χ2v) is 6.49. The Kier molecular flexibility index (Phi) is 6.53. The van der Waals surface area contributed by atoms with Crippen molar-refractivity contribution in [2.24, 2.45) is 5.92 Å². The minimum atomic E-state index is -0.241. The van der Waals surface area contributed by atoms with E-state index in [1.165, 1.54) is 0 Å². The summed E-state index contributed by atoms with van der Waals surface area (Å²) in [4.78, 5) is 25.9. The molecule has 5 nitrogen and oxygen atoms in total. The SMILES string of the molecule is CCOC(=O)C1CCN(C(=S)NC(=O)c2ccccc2Br)CC1. The van der Waals surface area contributed by atoms with E-state index in [0.29, 0.717) is 43.2 Å². The summed E-state index contributed by atoms with van der Waals surface area (Å²) in [6, 6.07) is 7.19. The van der Waals surface area contributed by atoms with E-state index in [9.17, 15) is 9.59 Å². The van der Waals surface area contributed by atoms with Gasteiger partial charge < -0.3 is 9.64 Å². The van der Waals surface area contributed by atoms with E-state index < -0.39 is 0 Å². The molecule has 1 saturated heterocycles. The number of nitrogens with zero attached hydrogens (tertiary/aromatic N) is 1. The van der Waals surface area contributed by atoms with E-state index in [2.05, 4.69) is 21.2 Å². The number of amides is 1. The number of nitrogens with one attached hydrogen (secondary N) is 1. The summed E-state index contributed by atoms with van der Waals surface area (Å²) in [5.41, 5.74) is 0.538. The van der Waals surface area contributed by atoms with E-state index in [-0.39, 0.29) is 17.8 Å². The van der Waals surface area contributed by atoms with Gasteiger partial charge in [0.25, 0.3) is 5.91 Å². The van der Waals surface area contributed by atoms with Gasteiger partial charge in [-0.2, -0.15) is 0 Å². The highest BCUT2D eigenvalue weighted by atomic mass is 79.9. The molecule has 0 spiro atoms. The summed E-state index contributed by atoms with van der Waals surface area (Å²) >= 11 is 8.66. The van der Waals surface area contributed by atoms with Crippen LogP contribution in [0, 0.1) is 5.92 Å². The largest absolute Gasteiger partial charge is 0.466 e. The Labute approximate surface area is 149 Å². The van der Waals surface area contributed by atoms with E-state index in [4.69, 9.17) is 17.0 Å². The fraction of sp³-hybridized carbons (Fsp3) is 0.438. The highest BCUT2D eigenvalue weighted by Gasteiger charge is 2.27. The molecule has 124 valence electrons. The molecule has 0 aliphatic carbocycles. The van der Waals surface area contributed by atoms with E-state index in [0.717, 1.165) is 4.47 Å². The molecule has 1 N–H and O–H groups in total. The molecule has 1 amide bonds. The van der Waals surface area contributed by atoms with Crippen molar-refractivity contribution in [1.29, 1.82) is 0 Å². The van der Waals surface area contributed by atoms with Gasteiger partial charge in [-0.1, -0.05) is 12.1 Å². The van der Waals surface area contributed by atoms with Crippen molar-refractivity contribution in [3.8, 4) is 0 Å². The lowest BCUT2D eigenvalue weighted by atomic mass is 9.97. The number of benzene rings is 1. The monoisotopic (exact) mass is 398 g/mol. The van der Waals surface area contributed by atoms with Crippen LogP contribution in [0.5, 0.6) is 0 Å². The van der Waals surface area contributed by atoms with Crippen LogP contribution in [0.25, 0.3) is 0 Å². The molecule has 0 unspecified atom stereocenters. The summed E-state index contributed by atoms with van der Waals surface area (Å²) in [5.74, 6) is -0.460. The normalized spacial score (nSPS) is 15.1. The topological polar surface area (TPSA) is 58.6 Å². The Balaban J connectivity index is 1.87. The van der Waals surface area contributed by atoms with Crippen molar-refractivity contribution in [1.82, 2.24) is 10.2 Å². The van der Waals surface area contributed by atoms with Gasteiger partial charge in [0.15, 0.2) is 5.11 Å². The first-order valence-corrected chi connectivity index (χ1v) is 8.74. The molecule has 7 heteroatoms. The molecule has 1 heterocycles. The van der Waals surface area contributed by atoms with Crippen LogP contribution < -0.4 is 5.32 Å². The zero-order valence-electron chi connectivity index (χ0n) is 12.9. The van der Waals surface area contributed by atoms with Gasteiger partial charge in [-0.3, -0.25) is 14.9 Å². The number of hydrogen-bond acceptors (Lipinski definition) is 4. The van der Waals surface area contributed by atoms with Crippen LogP contribution in [-0.4, -0.2) is 41.6 Å². The van der Waals surface area contributed by atoms with Gasteiger partial charge >= 0.3 is 5.97 Å². The first kappa shape index (κ1) is 17.9. The van der Waals surface area contributed by atoms with Crippen molar-refractivity contribution in [3.05, 3.63) is 34.3 Å². The van der Waals surface area contributed by atoms with Gasteiger partial charge in [-0.25, -0.2) is 0 Å². The molecule has 1 aliphatic heterocycles. The maximum absolute atomic E-state index is 12.2. The van der Waals surface area contributed by atoms with Gasteiger partial charge in [0, 0.05) is 17.6 Å². The third-order valence-electron chi connectivity index (χ3n) is 3.74. The molecule has 1 aliphatic rings. The van der Waals surface area contributed by atoms with Gasteiger partial charge in [-0.05, 0) is 60.0 Å². The minimum Gasteiger partial charge on any atom is -0.466 e. The maximum Gasteiger partial charge on any atom is 0.309 e. The molecule has 23 heavy (non-hydrogen) atoms. The molecular formula is C16H19BrN2O3S. The van der Waals surface area contributed by atoms with Gasteiger partial charge in [0.1, 0.15) is 0 Å². The quantitative estimate of drug-likeness (QED) is 0.626. The van der Waals surface area contributed by atoms with Gasteiger partial charge in [0.05, 0.1) is 18.1 Å². The Morgan fingerprint density at radius 2 is 2.00 bits per heavy atom. The molecule has 1 aromatic carbocycles. The molecule has 0 saturated carbocycles. The zero-order valence-corrected chi connectivity index (χ0v) is 15.3. The van der Waals surface area contributed by atoms with Gasteiger partial charge in [0.2, 0.25) is 0 Å². The third kappa shape index (κ3) is 4.75. The van der Waals surface area contributed by atoms with Crippen LogP contribution in [0.2, 0.25) is 0 Å². The number of thiocarbonyl (C=S) groups is 1. The predicted octanol–water partition coefficient (Wildman–Crippen LogP) is 2.74. The zero-order chi connectivity index (χ0) is 16.8. The molecular weight excluding hydrogens is 380 g/mol. The van der Waals surface area contributed by atoms with Crippen LogP contribution in [0.4, 0.5) is 0 Å². The Hall–Kier alpha value is -1.47. The lowest BCUT2D eigenvalue weighted by Gasteiger charge is -2.32. The third-order valence-corrected chi connectivity index (χ3v) is 4.79. The number of esters is 1. The summed E-state index contributed by atoms with van der Waals surface area (Å²) in [7, 11) is 0. The molecule has 0 aromatic heterocycles. The second kappa shape index (κ2) is 8.40. The maximum atomic E-state index is 12.2. The van der Waals surface area contributed by atoms with Crippen molar-refractivity contribution >= 4 is 45.1 Å². The molecule has 1 aromatic rings. The van der Waals surface area contributed by atoms with Crippen LogP contribution in [0.15, 0.2) is 28.7 Å². The lowest BCUT2D eigenvalue weighted by Crippen LogP contribution is -2.47. The van der Waals surface area contributed by atoms with Crippen LogP contribution in [0.3, 0.4) is 0 Å². The number of rotatable bonds is 3. The molecule has 0 bridgehead atoms. The number of ether oxygens (including phenoxy) is 1. The average molecular weight is 399 g/mol. The first-order chi connectivity index (χ1) is 11.0. The van der Waals surface area contributed by atoms with E-state index >= 15 is 0 Å². The molecule has 0 radical (unpaired) electrons. The Bertz CT molecular complexity index is 601. The molecule has 2 rings (SSSR count). The minimum absolute atomic E-state index is 0.0760. The molecule has 0 atom stereocenters. The number of carbonyl (C=O) groups is 2. The second-order valence-electron chi connectivity index (χ2n) is 5.25. The van der Waals surface area contributed by atoms with Crippen LogP contribution in [-0.2, 0) is 9.53 Å². The standard InChI is InChI=1S/C16H19BrN2O3S/c1-2-22-15(21)11-7-9-19(10-8-11)16(23)18-14(20)12-5-3-4-6-13(12)17/h3-6,11H,2,7-10H2,1H3,(H,18,20,23). The van der Waals surface area contributed by atoms with E-state index in [1.54, 1.807) is 19.1 Å². The fourth-order valence-corrected chi connectivity index (χ4v) is 3.21. The fourth-order valence-electron chi connectivity index (χ4n) is 2.47. The number of likely N-dealkylation sites (tertiary alicyclic amines) is 1. The summed E-state index contributed by atoms with van der Waals surface area (Å²) in [5, 5.41) is 3.14. The predicted molar refractivity (Wildman–Crippen MR) is 95.1 cm³/mol. The highest BCUT2D eigenvalue weighted by molar-refractivity contribution is 9.10. The summed E-state index contributed by atoms with van der Waals surface area (Å²) in [6.07, 6.45) is 1.37. The number of hydrogen-bond donors (Lipinski definition) is 1. The summed E-state index contributed by atoms with van der Waals surface area (Å²) in [6.45, 7) is 3.48. The van der Waals surface area contributed by atoms with Crippen molar-refractivity contribution in [2.75, 3.05) is 19.7 Å². The summed E-state index contributed by atoms with van der Waals surface area (Å²) < 4.78 is 5.77. The Morgan fingerprint density at radius 3 is 2.61 bits per heavy atom. The van der Waals surface area contributed by atoms with Gasteiger partial charge in [-0.15, -0.1) is 0 Å². The van der Waals surface area contributed by atoms with E-state index in [1.807, 2.05) is 17.0 Å². The van der Waals surface area contributed by atoms with Crippen molar-refractivity contribution < 1.29 is 14.3 Å². The van der Waals surface area contributed by atoms with Crippen LogP contribution in [0.1, 0.15) is 30.1 Å². The number of piperidine rings is 1. The number of carbonyl (C=O) groups excluding carboxylic acids is 2.